The second-order valence-electron chi connectivity index (χ2n) is 4.86. The van der Waals surface area contributed by atoms with Crippen molar-refractivity contribution in [3.63, 3.8) is 0 Å². The molecule has 0 spiro atoms. The third kappa shape index (κ3) is 2.59. The smallest absolute Gasteiger partial charge is 0.384 e. The van der Waals surface area contributed by atoms with Crippen LogP contribution in [0.1, 0.15) is 5.56 Å². The number of pyridine rings is 1. The fourth-order valence-corrected chi connectivity index (χ4v) is 2.33. The van der Waals surface area contributed by atoms with Crippen molar-refractivity contribution in [3.8, 4) is 11.1 Å². The molecule has 1 aromatic heterocycles. The first-order chi connectivity index (χ1) is 10.3. The van der Waals surface area contributed by atoms with E-state index >= 15 is 0 Å². The van der Waals surface area contributed by atoms with Crippen LogP contribution in [-0.4, -0.2) is 4.98 Å². The molecule has 3 rings (SSSR count). The molecule has 2 N–H and O–H groups in total. The molecule has 0 aliphatic carbocycles. The van der Waals surface area contributed by atoms with Crippen molar-refractivity contribution in [2.75, 3.05) is 5.73 Å². The van der Waals surface area contributed by atoms with Crippen LogP contribution < -0.4 is 5.73 Å². The molecule has 0 bridgehead atoms. The lowest BCUT2D eigenvalue weighted by Gasteiger charge is -2.13. The number of nitrogens with zero attached hydrogens (tertiary/aromatic N) is 1. The summed E-state index contributed by atoms with van der Waals surface area (Å²) in [5, 5.41) is 1.43. The van der Waals surface area contributed by atoms with Gasteiger partial charge in [0.15, 0.2) is 0 Å². The van der Waals surface area contributed by atoms with Crippen molar-refractivity contribution < 1.29 is 17.6 Å². The largest absolute Gasteiger partial charge is 0.417 e. The van der Waals surface area contributed by atoms with E-state index in [-0.39, 0.29) is 5.56 Å². The van der Waals surface area contributed by atoms with Crippen LogP contribution in [-0.2, 0) is 6.18 Å². The van der Waals surface area contributed by atoms with E-state index < -0.39 is 17.6 Å². The van der Waals surface area contributed by atoms with Gasteiger partial charge in [-0.05, 0) is 40.8 Å². The molecule has 2 nitrogen and oxygen atoms in total. The van der Waals surface area contributed by atoms with Gasteiger partial charge in [0.1, 0.15) is 11.6 Å². The third-order valence-corrected chi connectivity index (χ3v) is 3.34. The van der Waals surface area contributed by atoms with Gasteiger partial charge in [-0.3, -0.25) is 0 Å². The molecule has 0 fully saturated rings. The minimum atomic E-state index is -4.63. The molecule has 1 heterocycles. The van der Waals surface area contributed by atoms with Gasteiger partial charge in [-0.1, -0.05) is 18.2 Å². The topological polar surface area (TPSA) is 38.9 Å². The summed E-state index contributed by atoms with van der Waals surface area (Å²) in [6.45, 7) is 0. The number of benzene rings is 2. The van der Waals surface area contributed by atoms with E-state index in [1.807, 2.05) is 0 Å². The number of nitrogens with two attached hydrogens (primary N) is 1. The van der Waals surface area contributed by atoms with Crippen molar-refractivity contribution in [1.29, 1.82) is 0 Å². The normalized spacial score (nSPS) is 11.8. The van der Waals surface area contributed by atoms with Gasteiger partial charge in [-0.25, -0.2) is 9.37 Å². The lowest BCUT2D eigenvalue weighted by atomic mass is 9.97. The highest BCUT2D eigenvalue weighted by atomic mass is 19.4. The number of halogens is 4. The SMILES string of the molecule is Nc1cc2ccc(-c3ccc(F)cc3C(F)(F)F)cc2cn1. The number of hydrogen-bond acceptors (Lipinski definition) is 2. The minimum Gasteiger partial charge on any atom is -0.384 e. The van der Waals surface area contributed by atoms with Crippen LogP contribution in [0.15, 0.2) is 48.7 Å². The van der Waals surface area contributed by atoms with Gasteiger partial charge in [-0.2, -0.15) is 13.2 Å². The van der Waals surface area contributed by atoms with Gasteiger partial charge in [0.25, 0.3) is 0 Å². The van der Waals surface area contributed by atoms with E-state index in [1.54, 1.807) is 24.3 Å². The van der Waals surface area contributed by atoms with Crippen molar-refractivity contribution in [3.05, 3.63) is 60.0 Å². The van der Waals surface area contributed by atoms with Crippen molar-refractivity contribution >= 4 is 16.6 Å². The van der Waals surface area contributed by atoms with Gasteiger partial charge in [-0.15, -0.1) is 0 Å². The maximum absolute atomic E-state index is 13.2. The zero-order valence-corrected chi connectivity index (χ0v) is 11.2. The molecule has 0 atom stereocenters. The first kappa shape index (κ1) is 14.3. The van der Waals surface area contributed by atoms with Crippen LogP contribution in [0.5, 0.6) is 0 Å². The average Bonchev–Trinajstić information content (AvgIpc) is 2.46. The Morgan fingerprint density at radius 3 is 2.41 bits per heavy atom. The van der Waals surface area contributed by atoms with E-state index in [0.29, 0.717) is 22.8 Å². The maximum atomic E-state index is 13.2. The number of anilines is 1. The molecule has 0 unspecified atom stereocenters. The zero-order valence-electron chi connectivity index (χ0n) is 11.2. The number of nitrogen functional groups attached to an aromatic ring is 1. The van der Waals surface area contributed by atoms with Crippen LogP contribution in [0.4, 0.5) is 23.4 Å². The van der Waals surface area contributed by atoms with Gasteiger partial charge < -0.3 is 5.73 Å². The Labute approximate surface area is 123 Å². The predicted molar refractivity (Wildman–Crippen MR) is 76.6 cm³/mol. The van der Waals surface area contributed by atoms with Crippen LogP contribution in [0, 0.1) is 5.82 Å². The molecule has 6 heteroatoms. The number of rotatable bonds is 1. The van der Waals surface area contributed by atoms with E-state index in [9.17, 15) is 17.6 Å². The predicted octanol–water partition coefficient (Wildman–Crippen LogP) is 4.64. The molecule has 22 heavy (non-hydrogen) atoms. The summed E-state index contributed by atoms with van der Waals surface area (Å²) in [5.41, 5.74) is 4.83. The molecule has 0 saturated carbocycles. The van der Waals surface area contributed by atoms with E-state index in [1.165, 1.54) is 6.20 Å². The Kier molecular flexibility index (Phi) is 3.24. The van der Waals surface area contributed by atoms with E-state index in [4.69, 9.17) is 5.73 Å². The second kappa shape index (κ2) is 4.98. The van der Waals surface area contributed by atoms with Crippen molar-refractivity contribution in [1.82, 2.24) is 4.98 Å². The highest BCUT2D eigenvalue weighted by Gasteiger charge is 2.34. The molecule has 0 aliphatic heterocycles. The lowest BCUT2D eigenvalue weighted by Crippen LogP contribution is -2.07. The van der Waals surface area contributed by atoms with E-state index in [2.05, 4.69) is 4.98 Å². The van der Waals surface area contributed by atoms with Gasteiger partial charge in [0, 0.05) is 11.6 Å². The Hall–Kier alpha value is -2.63. The molecule has 0 aliphatic rings. The molecular weight excluding hydrogens is 296 g/mol. The third-order valence-electron chi connectivity index (χ3n) is 3.34. The Bertz CT molecular complexity index is 856. The van der Waals surface area contributed by atoms with Crippen molar-refractivity contribution in [2.45, 2.75) is 6.18 Å². The molecule has 0 amide bonds. The lowest BCUT2D eigenvalue weighted by molar-refractivity contribution is -0.137. The van der Waals surface area contributed by atoms with Gasteiger partial charge in [0.2, 0.25) is 0 Å². The van der Waals surface area contributed by atoms with Crippen LogP contribution in [0.2, 0.25) is 0 Å². The number of fused-ring (bicyclic) bond motifs is 1. The van der Waals surface area contributed by atoms with Gasteiger partial charge >= 0.3 is 6.18 Å². The Balaban J connectivity index is 2.21. The molecule has 0 saturated heterocycles. The summed E-state index contributed by atoms with van der Waals surface area (Å²) in [5.74, 6) is -0.593. The molecule has 2 aromatic carbocycles. The van der Waals surface area contributed by atoms with Crippen LogP contribution in [0.25, 0.3) is 21.9 Å². The van der Waals surface area contributed by atoms with Crippen LogP contribution >= 0.6 is 0 Å². The molecule has 0 radical (unpaired) electrons. The van der Waals surface area contributed by atoms with Gasteiger partial charge in [0.05, 0.1) is 5.56 Å². The first-order valence-corrected chi connectivity index (χ1v) is 6.37. The Morgan fingerprint density at radius 2 is 1.68 bits per heavy atom. The summed E-state index contributed by atoms with van der Waals surface area (Å²) in [7, 11) is 0. The molecule has 112 valence electrons. The summed E-state index contributed by atoms with van der Waals surface area (Å²) < 4.78 is 52.4. The quantitative estimate of drug-likeness (QED) is 0.665. The maximum Gasteiger partial charge on any atom is 0.417 e. The first-order valence-electron chi connectivity index (χ1n) is 6.37. The van der Waals surface area contributed by atoms with E-state index in [0.717, 1.165) is 17.5 Å². The second-order valence-corrected chi connectivity index (χ2v) is 4.86. The highest BCUT2D eigenvalue weighted by Crippen LogP contribution is 2.38. The summed E-state index contributed by atoms with van der Waals surface area (Å²) in [4.78, 5) is 3.92. The summed E-state index contributed by atoms with van der Waals surface area (Å²) >= 11 is 0. The van der Waals surface area contributed by atoms with Crippen molar-refractivity contribution in [2.24, 2.45) is 0 Å². The number of aromatic nitrogens is 1. The summed E-state index contributed by atoms with van der Waals surface area (Å²) in [6, 6.07) is 9.05. The Morgan fingerprint density at radius 1 is 0.909 bits per heavy atom. The molecule has 3 aromatic rings. The molecular formula is C16H10F4N2. The fraction of sp³-hybridized carbons (Fsp3) is 0.0625. The highest BCUT2D eigenvalue weighted by molar-refractivity contribution is 5.88. The van der Waals surface area contributed by atoms with Crippen LogP contribution in [0.3, 0.4) is 0 Å². The monoisotopic (exact) mass is 306 g/mol. The zero-order chi connectivity index (χ0) is 15.9. The number of alkyl halides is 3. The fourth-order valence-electron chi connectivity index (χ4n) is 2.33. The summed E-state index contributed by atoms with van der Waals surface area (Å²) in [6.07, 6.45) is -3.14. The minimum absolute atomic E-state index is 0.0763. The standard InChI is InChI=1S/C16H10F4N2/c17-12-3-4-13(14(7-12)16(18,19)20)10-2-1-9-6-15(21)22-8-11(9)5-10/h1-8H,(H2,21,22). The average molecular weight is 306 g/mol. The number of hydrogen-bond donors (Lipinski definition) is 1.